The van der Waals surface area contributed by atoms with Gasteiger partial charge >= 0.3 is 6.03 Å². The first-order valence-corrected chi connectivity index (χ1v) is 6.11. The van der Waals surface area contributed by atoms with E-state index in [1.54, 1.807) is 11.9 Å². The summed E-state index contributed by atoms with van der Waals surface area (Å²) in [5, 5.41) is 3.43. The summed E-state index contributed by atoms with van der Waals surface area (Å²) in [5.74, 6) is 0. The Labute approximate surface area is 89.6 Å². The van der Waals surface area contributed by atoms with Crippen LogP contribution < -0.4 is 5.32 Å². The third-order valence-corrected chi connectivity index (χ3v) is 3.82. The SMILES string of the molecule is C=CS(=O)(=O)N1CCN(C(=O)NC)CC1. The summed E-state index contributed by atoms with van der Waals surface area (Å²) in [7, 11) is -1.79. The Morgan fingerprint density at radius 1 is 1.33 bits per heavy atom. The number of piperazine rings is 1. The average molecular weight is 233 g/mol. The lowest BCUT2D eigenvalue weighted by molar-refractivity contribution is 0.174. The first kappa shape index (κ1) is 12.0. The lowest BCUT2D eigenvalue weighted by Crippen LogP contribution is -2.52. The Bertz CT molecular complexity index is 344. The van der Waals surface area contributed by atoms with E-state index >= 15 is 0 Å². The molecule has 0 aromatic rings. The molecule has 86 valence electrons. The van der Waals surface area contributed by atoms with Gasteiger partial charge < -0.3 is 10.2 Å². The summed E-state index contributed by atoms with van der Waals surface area (Å²) in [5.41, 5.74) is 0. The highest BCUT2D eigenvalue weighted by atomic mass is 32.2. The molecule has 1 saturated heterocycles. The van der Waals surface area contributed by atoms with Crippen LogP contribution in [0.4, 0.5) is 4.79 Å². The number of nitrogens with one attached hydrogen (secondary N) is 1. The maximum Gasteiger partial charge on any atom is 0.317 e. The van der Waals surface area contributed by atoms with Crippen molar-refractivity contribution in [1.29, 1.82) is 0 Å². The molecule has 1 aliphatic rings. The van der Waals surface area contributed by atoms with Crippen molar-refractivity contribution in [2.24, 2.45) is 0 Å². The molecule has 7 heteroatoms. The quantitative estimate of drug-likeness (QED) is 0.693. The minimum absolute atomic E-state index is 0.175. The van der Waals surface area contributed by atoms with Crippen LogP contribution in [0.1, 0.15) is 0 Å². The molecule has 0 saturated carbocycles. The molecular weight excluding hydrogens is 218 g/mol. The molecule has 0 atom stereocenters. The number of carbonyl (C=O) groups is 1. The number of carbonyl (C=O) groups excluding carboxylic acids is 1. The van der Waals surface area contributed by atoms with E-state index in [2.05, 4.69) is 11.9 Å². The van der Waals surface area contributed by atoms with E-state index in [1.165, 1.54) is 4.31 Å². The lowest BCUT2D eigenvalue weighted by atomic mass is 10.4. The van der Waals surface area contributed by atoms with Gasteiger partial charge in [-0.3, -0.25) is 0 Å². The molecule has 0 bridgehead atoms. The summed E-state index contributed by atoms with van der Waals surface area (Å²) in [6.07, 6.45) is 0. The maximum absolute atomic E-state index is 11.4. The van der Waals surface area contributed by atoms with Crippen LogP contribution in [0.2, 0.25) is 0 Å². The van der Waals surface area contributed by atoms with Crippen molar-refractivity contribution < 1.29 is 13.2 Å². The van der Waals surface area contributed by atoms with Crippen LogP contribution >= 0.6 is 0 Å². The van der Waals surface area contributed by atoms with E-state index in [9.17, 15) is 13.2 Å². The molecule has 0 radical (unpaired) electrons. The van der Waals surface area contributed by atoms with Gasteiger partial charge in [-0.1, -0.05) is 6.58 Å². The second-order valence-electron chi connectivity index (χ2n) is 3.15. The van der Waals surface area contributed by atoms with Gasteiger partial charge in [-0.25, -0.2) is 13.2 Å². The molecule has 2 amide bonds. The van der Waals surface area contributed by atoms with Gasteiger partial charge in [0, 0.05) is 38.6 Å². The van der Waals surface area contributed by atoms with Crippen LogP contribution in [0.5, 0.6) is 0 Å². The topological polar surface area (TPSA) is 69.7 Å². The van der Waals surface area contributed by atoms with E-state index in [4.69, 9.17) is 0 Å². The molecular formula is C8H15N3O3S. The zero-order valence-electron chi connectivity index (χ0n) is 8.64. The molecule has 0 aliphatic carbocycles. The smallest absolute Gasteiger partial charge is 0.317 e. The van der Waals surface area contributed by atoms with E-state index in [0.717, 1.165) is 5.41 Å². The van der Waals surface area contributed by atoms with Gasteiger partial charge in [0.25, 0.3) is 0 Å². The molecule has 0 unspecified atom stereocenters. The summed E-state index contributed by atoms with van der Waals surface area (Å²) >= 11 is 0. The van der Waals surface area contributed by atoms with Crippen molar-refractivity contribution in [1.82, 2.24) is 14.5 Å². The highest BCUT2D eigenvalue weighted by Gasteiger charge is 2.26. The molecule has 1 N–H and O–H groups in total. The standard InChI is InChI=1S/C8H15N3O3S/c1-3-15(13,14)11-6-4-10(5-7-11)8(12)9-2/h3H,1,4-7H2,2H3,(H,9,12). The van der Waals surface area contributed by atoms with Gasteiger partial charge in [0.15, 0.2) is 0 Å². The van der Waals surface area contributed by atoms with Crippen molar-refractivity contribution in [3.05, 3.63) is 12.0 Å². The predicted molar refractivity (Wildman–Crippen MR) is 56.7 cm³/mol. The summed E-state index contributed by atoms with van der Waals surface area (Å²) in [6.45, 7) is 4.72. The Morgan fingerprint density at radius 2 is 1.87 bits per heavy atom. The van der Waals surface area contributed by atoms with Gasteiger partial charge in [0.1, 0.15) is 0 Å². The fourth-order valence-corrected chi connectivity index (χ4v) is 2.29. The number of rotatable bonds is 2. The van der Waals surface area contributed by atoms with Crippen molar-refractivity contribution in [3.8, 4) is 0 Å². The van der Waals surface area contributed by atoms with Crippen molar-refractivity contribution in [2.75, 3.05) is 33.2 Å². The Kier molecular flexibility index (Phi) is 3.70. The summed E-state index contributed by atoms with van der Waals surface area (Å²) in [4.78, 5) is 12.8. The Hall–Kier alpha value is -1.08. The van der Waals surface area contributed by atoms with Crippen LogP contribution in [-0.2, 0) is 10.0 Å². The molecule has 0 aromatic heterocycles. The number of nitrogens with zero attached hydrogens (tertiary/aromatic N) is 2. The lowest BCUT2D eigenvalue weighted by Gasteiger charge is -2.32. The molecule has 0 aromatic carbocycles. The fourth-order valence-electron chi connectivity index (χ4n) is 1.41. The summed E-state index contributed by atoms with van der Waals surface area (Å²) < 4.78 is 24.1. The largest absolute Gasteiger partial charge is 0.341 e. The first-order chi connectivity index (χ1) is 7.01. The minimum Gasteiger partial charge on any atom is -0.341 e. The molecule has 1 heterocycles. The average Bonchev–Trinajstić information content (AvgIpc) is 2.28. The highest BCUT2D eigenvalue weighted by Crippen LogP contribution is 2.08. The van der Waals surface area contributed by atoms with Crippen LogP contribution in [-0.4, -0.2) is 56.9 Å². The number of urea groups is 1. The van der Waals surface area contributed by atoms with E-state index in [-0.39, 0.29) is 6.03 Å². The fraction of sp³-hybridized carbons (Fsp3) is 0.625. The molecule has 1 aliphatic heterocycles. The van der Waals surface area contributed by atoms with Crippen molar-refractivity contribution in [2.45, 2.75) is 0 Å². The maximum atomic E-state index is 11.4. The van der Waals surface area contributed by atoms with Crippen LogP contribution in [0, 0.1) is 0 Å². The van der Waals surface area contributed by atoms with Gasteiger partial charge in [0.2, 0.25) is 10.0 Å². The van der Waals surface area contributed by atoms with Crippen LogP contribution in [0.15, 0.2) is 12.0 Å². The van der Waals surface area contributed by atoms with Gasteiger partial charge in [-0.2, -0.15) is 4.31 Å². The molecule has 1 rings (SSSR count). The molecule has 6 nitrogen and oxygen atoms in total. The van der Waals surface area contributed by atoms with Crippen molar-refractivity contribution in [3.63, 3.8) is 0 Å². The zero-order chi connectivity index (χ0) is 11.5. The van der Waals surface area contributed by atoms with Crippen molar-refractivity contribution >= 4 is 16.1 Å². The van der Waals surface area contributed by atoms with E-state index < -0.39 is 10.0 Å². The highest BCUT2D eigenvalue weighted by molar-refractivity contribution is 7.92. The monoisotopic (exact) mass is 233 g/mol. The normalized spacial score (nSPS) is 18.6. The second-order valence-corrected chi connectivity index (χ2v) is 5.03. The van der Waals surface area contributed by atoms with E-state index in [0.29, 0.717) is 26.2 Å². The van der Waals surface area contributed by atoms with Gasteiger partial charge in [-0.05, 0) is 0 Å². The predicted octanol–water partition coefficient (Wildman–Crippen LogP) is -0.583. The number of hydrogen-bond donors (Lipinski definition) is 1. The number of hydrogen-bond acceptors (Lipinski definition) is 3. The Morgan fingerprint density at radius 3 is 2.27 bits per heavy atom. The van der Waals surface area contributed by atoms with Crippen LogP contribution in [0.25, 0.3) is 0 Å². The molecule has 1 fully saturated rings. The molecule has 0 spiro atoms. The second kappa shape index (κ2) is 4.63. The summed E-state index contributed by atoms with van der Waals surface area (Å²) in [6, 6.07) is -0.175. The Balaban J connectivity index is 2.57. The number of sulfonamides is 1. The van der Waals surface area contributed by atoms with E-state index in [1.807, 2.05) is 0 Å². The molecule has 15 heavy (non-hydrogen) atoms. The minimum atomic E-state index is -3.34. The zero-order valence-corrected chi connectivity index (χ0v) is 9.46. The van der Waals surface area contributed by atoms with Crippen LogP contribution in [0.3, 0.4) is 0 Å². The third-order valence-electron chi connectivity index (χ3n) is 2.31. The van der Waals surface area contributed by atoms with Gasteiger partial charge in [-0.15, -0.1) is 0 Å². The number of amides is 2. The van der Waals surface area contributed by atoms with Gasteiger partial charge in [0.05, 0.1) is 0 Å². The first-order valence-electron chi connectivity index (χ1n) is 4.60. The third kappa shape index (κ3) is 2.69.